The van der Waals surface area contributed by atoms with Crippen molar-refractivity contribution in [1.29, 1.82) is 0 Å². The van der Waals surface area contributed by atoms with Crippen LogP contribution in [0.2, 0.25) is 0 Å². The van der Waals surface area contributed by atoms with E-state index < -0.39 is 12.1 Å². The van der Waals surface area contributed by atoms with Crippen LogP contribution in [0.3, 0.4) is 0 Å². The molecule has 0 bridgehead atoms. The van der Waals surface area contributed by atoms with Crippen LogP contribution in [0.5, 0.6) is 0 Å². The molecule has 0 saturated carbocycles. The maximum atomic E-state index is 13.8. The van der Waals surface area contributed by atoms with E-state index in [4.69, 9.17) is 4.74 Å². The van der Waals surface area contributed by atoms with Crippen LogP contribution in [0.15, 0.2) is 85.1 Å². The Morgan fingerprint density at radius 3 is 2.48 bits per heavy atom. The molecule has 1 aromatic heterocycles. The van der Waals surface area contributed by atoms with Crippen molar-refractivity contribution in [3.05, 3.63) is 102 Å². The van der Waals surface area contributed by atoms with Gasteiger partial charge in [-0.1, -0.05) is 67.6 Å². The molecule has 2 atom stereocenters. The number of carbonyl (C=O) groups excluding carboxylic acids is 3. The van der Waals surface area contributed by atoms with Gasteiger partial charge in [0.1, 0.15) is 12.6 Å². The molecule has 218 valence electrons. The highest BCUT2D eigenvalue weighted by Gasteiger charge is 2.32. The number of likely N-dealkylation sites (tertiary alicyclic amines) is 1. The quantitative estimate of drug-likeness (QED) is 0.218. The van der Waals surface area contributed by atoms with E-state index in [0.29, 0.717) is 24.7 Å². The van der Waals surface area contributed by atoms with Gasteiger partial charge in [-0.2, -0.15) is 0 Å². The third kappa shape index (κ3) is 6.74. The number of benzene rings is 3. The standard InChI is InChI=1S/C33H37N5O4/c1-22(28-20-35-29-14-7-6-13-27(28)29)30(31(39)36-26-12-8-9-23(19-26)21-42-33(41)34-2)37-32(40)38-17-15-25(16-18-38)24-10-4-3-5-11-24/h3-14,19-20,22,25,30,35H,15-18,21H2,1-2H3,(H,34,41)(H,36,39)(H,37,40)/t22-,30+/m0/s1. The Morgan fingerprint density at radius 1 is 0.976 bits per heavy atom. The van der Waals surface area contributed by atoms with Crippen molar-refractivity contribution in [2.45, 2.75) is 44.2 Å². The summed E-state index contributed by atoms with van der Waals surface area (Å²) in [5.74, 6) is -0.240. The molecule has 1 saturated heterocycles. The Balaban J connectivity index is 1.32. The Morgan fingerprint density at radius 2 is 1.71 bits per heavy atom. The van der Waals surface area contributed by atoms with Gasteiger partial charge >= 0.3 is 12.1 Å². The number of fused-ring (bicyclic) bond motifs is 1. The molecule has 1 aliphatic heterocycles. The second-order valence-electron chi connectivity index (χ2n) is 10.7. The number of amides is 4. The second-order valence-corrected chi connectivity index (χ2v) is 10.7. The molecular formula is C33H37N5O4. The molecule has 4 amide bonds. The normalized spacial score (nSPS) is 15.0. The maximum absolute atomic E-state index is 13.8. The molecule has 4 aromatic rings. The lowest BCUT2D eigenvalue weighted by Crippen LogP contribution is -2.53. The predicted octanol–water partition coefficient (Wildman–Crippen LogP) is 5.72. The summed E-state index contributed by atoms with van der Waals surface area (Å²) in [6.07, 6.45) is 3.12. The highest BCUT2D eigenvalue weighted by Crippen LogP contribution is 2.30. The summed E-state index contributed by atoms with van der Waals surface area (Å²) >= 11 is 0. The van der Waals surface area contributed by atoms with Gasteiger partial charge in [-0.15, -0.1) is 0 Å². The molecule has 0 unspecified atom stereocenters. The van der Waals surface area contributed by atoms with E-state index in [1.165, 1.54) is 12.6 Å². The first-order chi connectivity index (χ1) is 20.4. The lowest BCUT2D eigenvalue weighted by Gasteiger charge is -2.34. The van der Waals surface area contributed by atoms with Crippen LogP contribution in [-0.2, 0) is 16.1 Å². The van der Waals surface area contributed by atoms with Gasteiger partial charge in [0, 0.05) is 48.8 Å². The fourth-order valence-electron chi connectivity index (χ4n) is 5.61. The number of hydrogen-bond donors (Lipinski definition) is 4. The fourth-order valence-corrected chi connectivity index (χ4v) is 5.61. The van der Waals surface area contributed by atoms with Gasteiger partial charge in [0.15, 0.2) is 0 Å². The number of nitrogens with one attached hydrogen (secondary N) is 4. The summed E-state index contributed by atoms with van der Waals surface area (Å²) in [6, 6.07) is 24.3. The zero-order valence-electron chi connectivity index (χ0n) is 23.9. The molecule has 4 N–H and O–H groups in total. The number of carbonyl (C=O) groups is 3. The van der Waals surface area contributed by atoms with E-state index in [1.807, 2.05) is 61.7 Å². The largest absolute Gasteiger partial charge is 0.445 e. The van der Waals surface area contributed by atoms with Crippen LogP contribution in [0.25, 0.3) is 10.9 Å². The van der Waals surface area contributed by atoms with Gasteiger partial charge in [-0.25, -0.2) is 9.59 Å². The van der Waals surface area contributed by atoms with E-state index >= 15 is 0 Å². The number of para-hydroxylation sites is 1. The van der Waals surface area contributed by atoms with Gasteiger partial charge in [0.2, 0.25) is 5.91 Å². The van der Waals surface area contributed by atoms with Crippen LogP contribution in [0.4, 0.5) is 15.3 Å². The summed E-state index contributed by atoms with van der Waals surface area (Å²) in [7, 11) is 1.49. The Kier molecular flexibility index (Phi) is 9.06. The fraction of sp³-hybridized carbons (Fsp3) is 0.303. The molecule has 1 aliphatic rings. The first-order valence-corrected chi connectivity index (χ1v) is 14.3. The SMILES string of the molecule is CNC(=O)OCc1cccc(NC(=O)[C@H](NC(=O)N2CCC(c3ccccc3)CC2)[C@@H](C)c2c[nH]c3ccccc23)c1. The molecule has 0 aliphatic carbocycles. The predicted molar refractivity (Wildman–Crippen MR) is 163 cm³/mol. The van der Waals surface area contributed by atoms with Crippen LogP contribution in [-0.4, -0.2) is 54.1 Å². The lowest BCUT2D eigenvalue weighted by molar-refractivity contribution is -0.118. The first-order valence-electron chi connectivity index (χ1n) is 14.3. The summed E-state index contributed by atoms with van der Waals surface area (Å²) in [5, 5.41) is 9.46. The third-order valence-corrected chi connectivity index (χ3v) is 7.99. The highest BCUT2D eigenvalue weighted by molar-refractivity contribution is 5.98. The Bertz CT molecular complexity index is 1530. The van der Waals surface area contributed by atoms with Gasteiger partial charge < -0.3 is 30.6 Å². The van der Waals surface area contributed by atoms with E-state index in [9.17, 15) is 14.4 Å². The minimum absolute atomic E-state index is 0.0637. The topological polar surface area (TPSA) is 116 Å². The molecule has 3 aromatic carbocycles. The summed E-state index contributed by atoms with van der Waals surface area (Å²) in [4.78, 5) is 43.9. The van der Waals surface area contributed by atoms with Crippen molar-refractivity contribution in [3.63, 3.8) is 0 Å². The number of urea groups is 1. The first kappa shape index (κ1) is 28.7. The Hall–Kier alpha value is -4.79. The van der Waals surface area contributed by atoms with Gasteiger partial charge in [-0.05, 0) is 53.6 Å². The lowest BCUT2D eigenvalue weighted by atomic mass is 9.89. The van der Waals surface area contributed by atoms with Crippen LogP contribution in [0, 0.1) is 0 Å². The number of piperidine rings is 1. The van der Waals surface area contributed by atoms with E-state index in [2.05, 4.69) is 33.1 Å². The van der Waals surface area contributed by atoms with Crippen molar-refractivity contribution in [3.8, 4) is 0 Å². The van der Waals surface area contributed by atoms with Gasteiger partial charge in [-0.3, -0.25) is 4.79 Å². The molecule has 0 spiro atoms. The minimum atomic E-state index is -0.839. The van der Waals surface area contributed by atoms with Gasteiger partial charge in [0.25, 0.3) is 0 Å². The zero-order valence-corrected chi connectivity index (χ0v) is 23.9. The zero-order chi connectivity index (χ0) is 29.5. The second kappa shape index (κ2) is 13.2. The van der Waals surface area contributed by atoms with Crippen molar-refractivity contribution in [1.82, 2.24) is 20.5 Å². The molecular weight excluding hydrogens is 530 g/mol. The van der Waals surface area contributed by atoms with Crippen molar-refractivity contribution in [2.75, 3.05) is 25.5 Å². The minimum Gasteiger partial charge on any atom is -0.445 e. The number of rotatable bonds is 8. The van der Waals surface area contributed by atoms with E-state index in [0.717, 1.165) is 34.9 Å². The number of aromatic nitrogens is 1. The molecule has 9 nitrogen and oxygen atoms in total. The number of aromatic amines is 1. The number of hydrogen-bond acceptors (Lipinski definition) is 4. The van der Waals surface area contributed by atoms with E-state index in [-0.39, 0.29) is 24.5 Å². The molecule has 0 radical (unpaired) electrons. The monoisotopic (exact) mass is 567 g/mol. The Labute approximate surface area is 245 Å². The van der Waals surface area contributed by atoms with Crippen LogP contribution in [0.1, 0.15) is 48.3 Å². The van der Waals surface area contributed by atoms with Crippen molar-refractivity contribution in [2.24, 2.45) is 0 Å². The summed E-state index contributed by atoms with van der Waals surface area (Å²) < 4.78 is 5.14. The molecule has 2 heterocycles. The molecule has 1 fully saturated rings. The van der Waals surface area contributed by atoms with Crippen LogP contribution >= 0.6 is 0 Å². The molecule has 5 rings (SSSR count). The van der Waals surface area contributed by atoms with Crippen molar-refractivity contribution >= 4 is 34.6 Å². The summed E-state index contributed by atoms with van der Waals surface area (Å²) in [6.45, 7) is 3.26. The maximum Gasteiger partial charge on any atom is 0.407 e. The smallest absolute Gasteiger partial charge is 0.407 e. The highest BCUT2D eigenvalue weighted by atomic mass is 16.5. The van der Waals surface area contributed by atoms with Crippen molar-refractivity contribution < 1.29 is 19.1 Å². The molecule has 9 heteroatoms. The van der Waals surface area contributed by atoms with Gasteiger partial charge in [0.05, 0.1) is 0 Å². The summed E-state index contributed by atoms with van der Waals surface area (Å²) in [5.41, 5.74) is 4.49. The molecule has 42 heavy (non-hydrogen) atoms. The average molecular weight is 568 g/mol. The average Bonchev–Trinajstić information content (AvgIpc) is 3.47. The number of alkyl carbamates (subject to hydrolysis) is 1. The number of ether oxygens (including phenoxy) is 1. The number of H-pyrrole nitrogens is 1. The third-order valence-electron chi connectivity index (χ3n) is 7.99. The van der Waals surface area contributed by atoms with E-state index in [1.54, 1.807) is 23.1 Å². The number of nitrogens with zero attached hydrogens (tertiary/aromatic N) is 1. The van der Waals surface area contributed by atoms with Crippen LogP contribution < -0.4 is 16.0 Å². The number of anilines is 1.